The molecule has 0 radical (unpaired) electrons. The summed E-state index contributed by atoms with van der Waals surface area (Å²) in [5, 5.41) is 0. The van der Waals surface area contributed by atoms with E-state index in [2.05, 4.69) is 0 Å². The van der Waals surface area contributed by atoms with Crippen LogP contribution in [0.2, 0.25) is 0 Å². The lowest BCUT2D eigenvalue weighted by Crippen LogP contribution is -1.89. The smallest absolute Gasteiger partial charge is 0.153 e. The molecule has 0 N–H and O–H groups in total. The number of allylic oxidation sites excluding steroid dienone is 2. The van der Waals surface area contributed by atoms with Gasteiger partial charge in [0.15, 0.2) is 12.6 Å². The maximum Gasteiger partial charge on any atom is 0.153 e. The van der Waals surface area contributed by atoms with Gasteiger partial charge < -0.3 is 9.47 Å². The summed E-state index contributed by atoms with van der Waals surface area (Å²) in [4.78, 5) is 22.3. The number of carbonyl (C=O) groups is 2. The fourth-order valence-electron chi connectivity index (χ4n) is 2.44. The van der Waals surface area contributed by atoms with E-state index in [1.165, 1.54) is 12.5 Å². The van der Waals surface area contributed by atoms with E-state index in [1.54, 1.807) is 0 Å². The van der Waals surface area contributed by atoms with Gasteiger partial charge in [-0.3, -0.25) is 9.59 Å². The third kappa shape index (κ3) is 6.09. The number of hydrogen-bond donors (Lipinski definition) is 0. The zero-order valence-electron chi connectivity index (χ0n) is 16.1. The van der Waals surface area contributed by atoms with E-state index < -0.39 is 0 Å². The number of rotatable bonds is 10. The van der Waals surface area contributed by atoms with Crippen molar-refractivity contribution in [3.8, 4) is 0 Å². The highest BCUT2D eigenvalue weighted by Gasteiger charge is 2.02. The minimum absolute atomic E-state index is 0.513. The molecule has 144 valence electrons. The molecule has 0 heterocycles. The first-order valence-corrected chi connectivity index (χ1v) is 9.14. The Bertz CT molecular complexity index is 783. The van der Waals surface area contributed by atoms with Crippen LogP contribution in [0.1, 0.15) is 36.1 Å². The molecule has 0 amide bonds. The summed E-state index contributed by atoms with van der Waals surface area (Å²) in [6, 6.07) is 15.3. The van der Waals surface area contributed by atoms with E-state index in [0.717, 1.165) is 34.8 Å². The Balaban J connectivity index is 2.09. The number of benzene rings is 2. The Labute approximate surface area is 165 Å². The Hall–Kier alpha value is -3.40. The van der Waals surface area contributed by atoms with Crippen molar-refractivity contribution in [2.45, 2.75) is 13.8 Å². The lowest BCUT2D eigenvalue weighted by Gasteiger charge is -2.03. The zero-order chi connectivity index (χ0) is 20.2. The molecule has 28 heavy (non-hydrogen) atoms. The van der Waals surface area contributed by atoms with Gasteiger partial charge in [0.25, 0.3) is 0 Å². The molecule has 4 nitrogen and oxygen atoms in total. The number of carbonyl (C=O) groups excluding carboxylic acids is 2. The van der Waals surface area contributed by atoms with Gasteiger partial charge in [-0.25, -0.2) is 0 Å². The molecule has 0 spiro atoms. The molecule has 0 saturated heterocycles. The first kappa shape index (κ1) is 20.9. The fraction of sp³-hybridized carbons (Fsp3) is 0.167. The van der Waals surface area contributed by atoms with Crippen LogP contribution >= 0.6 is 0 Å². The normalized spacial score (nSPS) is 12.1. The lowest BCUT2D eigenvalue weighted by atomic mass is 10.0. The van der Waals surface area contributed by atoms with E-state index in [4.69, 9.17) is 9.47 Å². The van der Waals surface area contributed by atoms with Gasteiger partial charge in [0, 0.05) is 0 Å². The second-order valence-electron chi connectivity index (χ2n) is 5.87. The van der Waals surface area contributed by atoms with Crippen LogP contribution in [0.4, 0.5) is 0 Å². The second kappa shape index (κ2) is 11.3. The summed E-state index contributed by atoms with van der Waals surface area (Å²) in [7, 11) is 0. The van der Waals surface area contributed by atoms with Crippen LogP contribution in [0.25, 0.3) is 23.3 Å². The van der Waals surface area contributed by atoms with Crippen molar-refractivity contribution in [2.75, 3.05) is 13.2 Å². The first-order chi connectivity index (χ1) is 13.7. The Morgan fingerprint density at radius 3 is 1.32 bits per heavy atom. The highest BCUT2D eigenvalue weighted by Crippen LogP contribution is 2.17. The Morgan fingerprint density at radius 1 is 0.679 bits per heavy atom. The molecular formula is C24H24O4. The molecule has 2 aromatic rings. The van der Waals surface area contributed by atoms with E-state index in [1.807, 2.05) is 74.5 Å². The van der Waals surface area contributed by atoms with Crippen molar-refractivity contribution < 1.29 is 19.1 Å². The molecule has 2 rings (SSSR count). The molecule has 2 aromatic carbocycles. The van der Waals surface area contributed by atoms with Crippen LogP contribution in [0.15, 0.2) is 61.1 Å². The highest BCUT2D eigenvalue weighted by atomic mass is 16.5. The first-order valence-electron chi connectivity index (χ1n) is 9.14. The molecule has 0 bridgehead atoms. The van der Waals surface area contributed by atoms with Crippen LogP contribution in [0, 0.1) is 0 Å². The molecule has 0 saturated carbocycles. The summed E-state index contributed by atoms with van der Waals surface area (Å²) >= 11 is 0. The predicted octanol–water partition coefficient (Wildman–Crippen LogP) is 5.01. The largest absolute Gasteiger partial charge is 0.501 e. The minimum atomic E-state index is 0.513. The summed E-state index contributed by atoms with van der Waals surface area (Å²) in [5.41, 5.74) is 4.68. The monoisotopic (exact) mass is 376 g/mol. The molecule has 0 atom stereocenters. The van der Waals surface area contributed by atoms with Crippen molar-refractivity contribution in [1.82, 2.24) is 0 Å². The fourth-order valence-corrected chi connectivity index (χ4v) is 2.44. The molecular weight excluding hydrogens is 352 g/mol. The van der Waals surface area contributed by atoms with Crippen LogP contribution in [0.3, 0.4) is 0 Å². The molecule has 0 aliphatic rings. The van der Waals surface area contributed by atoms with Gasteiger partial charge in [0.2, 0.25) is 0 Å². The average Bonchev–Trinajstić information content (AvgIpc) is 2.75. The van der Waals surface area contributed by atoms with Crippen molar-refractivity contribution in [3.63, 3.8) is 0 Å². The number of hydrogen-bond acceptors (Lipinski definition) is 4. The molecule has 0 aliphatic heterocycles. The van der Waals surface area contributed by atoms with Crippen molar-refractivity contribution in [3.05, 3.63) is 83.3 Å². The third-order valence-corrected chi connectivity index (χ3v) is 3.96. The SMILES string of the molecule is CCOC=C(C=O)c1ccc(C=Cc2ccc(C(C=O)=COCC)cc2)cc1. The third-order valence-electron chi connectivity index (χ3n) is 3.96. The zero-order valence-corrected chi connectivity index (χ0v) is 16.1. The van der Waals surface area contributed by atoms with Gasteiger partial charge in [-0.1, -0.05) is 60.7 Å². The van der Waals surface area contributed by atoms with E-state index in [-0.39, 0.29) is 0 Å². The topological polar surface area (TPSA) is 52.6 Å². The quantitative estimate of drug-likeness (QED) is 0.253. The predicted molar refractivity (Wildman–Crippen MR) is 113 cm³/mol. The maximum absolute atomic E-state index is 11.2. The molecule has 0 unspecified atom stereocenters. The molecule has 4 heteroatoms. The number of aldehydes is 2. The van der Waals surface area contributed by atoms with Gasteiger partial charge in [-0.05, 0) is 36.1 Å². The summed E-state index contributed by atoms with van der Waals surface area (Å²) in [6.45, 7) is 4.78. The number of ether oxygens (including phenoxy) is 2. The Kier molecular flexibility index (Phi) is 8.47. The van der Waals surface area contributed by atoms with Gasteiger partial charge in [0.1, 0.15) is 0 Å². The van der Waals surface area contributed by atoms with Crippen LogP contribution in [-0.2, 0) is 19.1 Å². The van der Waals surface area contributed by atoms with Gasteiger partial charge in [-0.15, -0.1) is 0 Å². The molecule has 0 aliphatic carbocycles. The Morgan fingerprint density at radius 2 is 1.04 bits per heavy atom. The standard InChI is InChI=1S/C24H24O4/c1-3-27-17-23(15-25)21-11-7-19(8-12-21)5-6-20-9-13-22(14-10-20)24(16-26)18-28-4-2/h5-18H,3-4H2,1-2H3. The van der Waals surface area contributed by atoms with Gasteiger partial charge >= 0.3 is 0 Å². The second-order valence-corrected chi connectivity index (χ2v) is 5.87. The summed E-state index contributed by atoms with van der Waals surface area (Å²) < 4.78 is 10.4. The molecule has 0 fully saturated rings. The lowest BCUT2D eigenvalue weighted by molar-refractivity contribution is -0.104. The summed E-state index contributed by atoms with van der Waals surface area (Å²) in [5.74, 6) is 0. The van der Waals surface area contributed by atoms with Gasteiger partial charge in [-0.2, -0.15) is 0 Å². The van der Waals surface area contributed by atoms with E-state index in [0.29, 0.717) is 24.4 Å². The van der Waals surface area contributed by atoms with Crippen molar-refractivity contribution in [1.29, 1.82) is 0 Å². The minimum Gasteiger partial charge on any atom is -0.501 e. The van der Waals surface area contributed by atoms with Crippen LogP contribution in [0.5, 0.6) is 0 Å². The highest BCUT2D eigenvalue weighted by molar-refractivity contribution is 6.07. The van der Waals surface area contributed by atoms with Gasteiger partial charge in [0.05, 0.1) is 36.9 Å². The average molecular weight is 376 g/mol. The maximum atomic E-state index is 11.2. The van der Waals surface area contributed by atoms with E-state index in [9.17, 15) is 9.59 Å². The van der Waals surface area contributed by atoms with Crippen molar-refractivity contribution >= 4 is 35.9 Å². The van der Waals surface area contributed by atoms with Crippen LogP contribution < -0.4 is 0 Å². The molecule has 0 aromatic heterocycles. The summed E-state index contributed by atoms with van der Waals surface area (Å²) in [6.07, 6.45) is 8.51. The van der Waals surface area contributed by atoms with Crippen molar-refractivity contribution in [2.24, 2.45) is 0 Å². The van der Waals surface area contributed by atoms with Crippen LogP contribution in [-0.4, -0.2) is 25.8 Å². The van der Waals surface area contributed by atoms with E-state index >= 15 is 0 Å².